The molecule has 1 fully saturated rings. The molecule has 0 aliphatic carbocycles. The van der Waals surface area contributed by atoms with Gasteiger partial charge in [-0.1, -0.05) is 12.1 Å². The van der Waals surface area contributed by atoms with Gasteiger partial charge in [0.1, 0.15) is 5.75 Å². The number of aromatic nitrogens is 2. The normalized spacial score (nSPS) is 16.7. The van der Waals surface area contributed by atoms with E-state index in [-0.39, 0.29) is 12.0 Å². The van der Waals surface area contributed by atoms with E-state index >= 15 is 0 Å². The minimum atomic E-state index is -0.0288. The van der Waals surface area contributed by atoms with Crippen LogP contribution in [-0.2, 0) is 4.74 Å². The molecule has 1 aromatic heterocycles. The third kappa shape index (κ3) is 4.87. The highest BCUT2D eigenvalue weighted by atomic mass is 16.5. The lowest BCUT2D eigenvalue weighted by molar-refractivity contribution is 0.0512. The molecule has 27 heavy (non-hydrogen) atoms. The lowest BCUT2D eigenvalue weighted by atomic mass is 10.1. The topological polar surface area (TPSA) is 70.7 Å². The van der Waals surface area contributed by atoms with Crippen molar-refractivity contribution in [2.24, 2.45) is 0 Å². The van der Waals surface area contributed by atoms with Gasteiger partial charge in [0.2, 0.25) is 0 Å². The van der Waals surface area contributed by atoms with E-state index in [0.29, 0.717) is 24.3 Å². The van der Waals surface area contributed by atoms with Crippen molar-refractivity contribution in [3.05, 3.63) is 36.0 Å². The number of H-pyrrole nitrogens is 1. The van der Waals surface area contributed by atoms with E-state index in [4.69, 9.17) is 9.47 Å². The zero-order valence-corrected chi connectivity index (χ0v) is 16.3. The summed E-state index contributed by atoms with van der Waals surface area (Å²) in [5, 5.41) is 7.10. The maximum absolute atomic E-state index is 13.3. The summed E-state index contributed by atoms with van der Waals surface area (Å²) in [6.45, 7) is 2.83. The maximum Gasteiger partial charge on any atom is 0.257 e. The molecule has 2 aromatic rings. The number of hydrogen-bond acceptors (Lipinski definition) is 5. The van der Waals surface area contributed by atoms with Crippen LogP contribution in [0.4, 0.5) is 0 Å². The number of nitrogens with zero attached hydrogens (tertiary/aromatic N) is 3. The first-order chi connectivity index (χ1) is 13.1. The summed E-state index contributed by atoms with van der Waals surface area (Å²) in [4.78, 5) is 17.3. The molecule has 2 heterocycles. The maximum atomic E-state index is 13.3. The number of hydrogen-bond donors (Lipinski definition) is 1. The number of benzene rings is 1. The van der Waals surface area contributed by atoms with Crippen LogP contribution in [-0.4, -0.2) is 79.5 Å². The molecule has 1 aromatic carbocycles. The van der Waals surface area contributed by atoms with Gasteiger partial charge in [0.05, 0.1) is 30.7 Å². The van der Waals surface area contributed by atoms with Gasteiger partial charge in [-0.15, -0.1) is 0 Å². The molecule has 1 aliphatic rings. The molecule has 7 heteroatoms. The Morgan fingerprint density at radius 1 is 1.37 bits per heavy atom. The molecule has 1 amide bonds. The number of rotatable bonds is 8. The van der Waals surface area contributed by atoms with Gasteiger partial charge >= 0.3 is 0 Å². The highest BCUT2D eigenvalue weighted by molar-refractivity contribution is 5.99. The number of likely N-dealkylation sites (N-methyl/N-ethyl adjacent to an activating group) is 1. The first-order valence-electron chi connectivity index (χ1n) is 9.32. The van der Waals surface area contributed by atoms with Crippen molar-refractivity contribution >= 4 is 5.91 Å². The fraction of sp³-hybridized carbons (Fsp3) is 0.500. The second kappa shape index (κ2) is 9.01. The van der Waals surface area contributed by atoms with Crippen LogP contribution < -0.4 is 4.74 Å². The Labute approximate surface area is 160 Å². The molecular formula is C20H28N4O3. The van der Waals surface area contributed by atoms with Crippen LogP contribution in [0.3, 0.4) is 0 Å². The Morgan fingerprint density at radius 2 is 2.22 bits per heavy atom. The van der Waals surface area contributed by atoms with E-state index in [0.717, 1.165) is 37.3 Å². The Bertz CT molecular complexity index is 753. The average molecular weight is 372 g/mol. The summed E-state index contributed by atoms with van der Waals surface area (Å²) in [6.07, 6.45) is 3.78. The predicted molar refractivity (Wildman–Crippen MR) is 104 cm³/mol. The number of methoxy groups -OCH3 is 1. The van der Waals surface area contributed by atoms with Gasteiger partial charge in [-0.05, 0) is 39.1 Å². The Morgan fingerprint density at radius 3 is 2.93 bits per heavy atom. The van der Waals surface area contributed by atoms with Crippen LogP contribution in [0, 0.1) is 0 Å². The van der Waals surface area contributed by atoms with E-state index in [1.54, 1.807) is 13.3 Å². The molecule has 1 atom stereocenters. The highest BCUT2D eigenvalue weighted by Gasteiger charge is 2.26. The Kier molecular flexibility index (Phi) is 6.47. The van der Waals surface area contributed by atoms with Gasteiger partial charge < -0.3 is 19.3 Å². The molecule has 146 valence electrons. The van der Waals surface area contributed by atoms with E-state index in [1.807, 2.05) is 43.3 Å². The Balaban J connectivity index is 1.83. The van der Waals surface area contributed by atoms with Crippen molar-refractivity contribution in [2.75, 3.05) is 47.4 Å². The van der Waals surface area contributed by atoms with Crippen molar-refractivity contribution < 1.29 is 14.3 Å². The molecule has 7 nitrogen and oxygen atoms in total. The van der Waals surface area contributed by atoms with Crippen LogP contribution >= 0.6 is 0 Å². The van der Waals surface area contributed by atoms with Gasteiger partial charge in [-0.2, -0.15) is 5.10 Å². The second-order valence-electron chi connectivity index (χ2n) is 7.08. The molecular weight excluding hydrogens is 344 g/mol. The fourth-order valence-corrected chi connectivity index (χ4v) is 3.25. The summed E-state index contributed by atoms with van der Waals surface area (Å²) < 4.78 is 11.1. The van der Waals surface area contributed by atoms with Crippen molar-refractivity contribution in [3.8, 4) is 17.0 Å². The summed E-state index contributed by atoms with van der Waals surface area (Å²) in [6, 6.07) is 7.62. The van der Waals surface area contributed by atoms with Crippen molar-refractivity contribution in [1.82, 2.24) is 20.0 Å². The largest absolute Gasteiger partial charge is 0.497 e. The molecule has 0 bridgehead atoms. The lowest BCUT2D eigenvalue weighted by Crippen LogP contribution is -2.41. The summed E-state index contributed by atoms with van der Waals surface area (Å²) in [5.74, 6) is 0.711. The zero-order valence-electron chi connectivity index (χ0n) is 16.3. The van der Waals surface area contributed by atoms with Gasteiger partial charge in [0.25, 0.3) is 5.91 Å². The lowest BCUT2D eigenvalue weighted by Gasteiger charge is -2.27. The molecule has 0 spiro atoms. The molecule has 0 saturated carbocycles. The fourth-order valence-electron chi connectivity index (χ4n) is 3.25. The monoisotopic (exact) mass is 372 g/mol. The van der Waals surface area contributed by atoms with Crippen LogP contribution in [0.1, 0.15) is 23.2 Å². The molecule has 0 unspecified atom stereocenters. The van der Waals surface area contributed by atoms with Crippen LogP contribution in [0.25, 0.3) is 11.3 Å². The van der Waals surface area contributed by atoms with E-state index in [2.05, 4.69) is 15.1 Å². The van der Waals surface area contributed by atoms with Gasteiger partial charge in [0.15, 0.2) is 0 Å². The van der Waals surface area contributed by atoms with Crippen molar-refractivity contribution in [1.29, 1.82) is 0 Å². The third-order valence-electron chi connectivity index (χ3n) is 4.78. The smallest absolute Gasteiger partial charge is 0.257 e. The third-order valence-corrected chi connectivity index (χ3v) is 4.78. The van der Waals surface area contributed by atoms with E-state index < -0.39 is 0 Å². The zero-order chi connectivity index (χ0) is 19.2. The molecule has 3 rings (SSSR count). The second-order valence-corrected chi connectivity index (χ2v) is 7.08. The van der Waals surface area contributed by atoms with Gasteiger partial charge in [-0.25, -0.2) is 0 Å². The first-order valence-corrected chi connectivity index (χ1v) is 9.32. The minimum absolute atomic E-state index is 0.0288. The summed E-state index contributed by atoms with van der Waals surface area (Å²) in [5.41, 5.74) is 2.15. The summed E-state index contributed by atoms with van der Waals surface area (Å²) in [7, 11) is 5.64. The van der Waals surface area contributed by atoms with Crippen LogP contribution in [0.15, 0.2) is 30.5 Å². The van der Waals surface area contributed by atoms with Gasteiger partial charge in [0, 0.05) is 31.8 Å². The number of carbonyl (C=O) groups excluding carboxylic acids is 1. The Hall–Kier alpha value is -2.38. The standard InChI is InChI=1S/C20H28N4O3/c1-23(2)9-10-24(14-17-8-5-11-27-17)20(25)18-13-21-22-19(18)15-6-4-7-16(12-15)26-3/h4,6-7,12-13,17H,5,8-11,14H2,1-3H3,(H,21,22)/t17-/m0/s1. The average Bonchev–Trinajstić information content (AvgIpc) is 3.36. The highest BCUT2D eigenvalue weighted by Crippen LogP contribution is 2.26. The van der Waals surface area contributed by atoms with Crippen molar-refractivity contribution in [3.63, 3.8) is 0 Å². The first kappa shape index (κ1) is 19.4. The quantitative estimate of drug-likeness (QED) is 0.770. The minimum Gasteiger partial charge on any atom is -0.497 e. The number of aromatic amines is 1. The molecule has 1 aliphatic heterocycles. The number of amides is 1. The predicted octanol–water partition coefficient (Wildman–Crippen LogP) is 2.27. The van der Waals surface area contributed by atoms with Crippen molar-refractivity contribution in [2.45, 2.75) is 18.9 Å². The molecule has 0 radical (unpaired) electrons. The van der Waals surface area contributed by atoms with Gasteiger partial charge in [-0.3, -0.25) is 9.89 Å². The van der Waals surface area contributed by atoms with E-state index in [9.17, 15) is 4.79 Å². The molecule has 1 N–H and O–H groups in total. The number of ether oxygens (including phenoxy) is 2. The summed E-state index contributed by atoms with van der Waals surface area (Å²) >= 11 is 0. The van der Waals surface area contributed by atoms with Crippen LogP contribution in [0.5, 0.6) is 5.75 Å². The number of nitrogens with one attached hydrogen (secondary N) is 1. The van der Waals surface area contributed by atoms with E-state index in [1.165, 1.54) is 0 Å². The van der Waals surface area contributed by atoms with Crippen LogP contribution in [0.2, 0.25) is 0 Å². The molecule has 1 saturated heterocycles. The number of carbonyl (C=O) groups is 1. The SMILES string of the molecule is COc1cccc(-c2[nH]ncc2C(=O)N(CCN(C)C)C[C@@H]2CCCO2)c1.